The zero-order valence-corrected chi connectivity index (χ0v) is 20.9. The molecule has 1 aromatic carbocycles. The summed E-state index contributed by atoms with van der Waals surface area (Å²) in [4.78, 5) is 10.4. The van der Waals surface area contributed by atoms with Gasteiger partial charge >= 0.3 is 0 Å². The lowest BCUT2D eigenvalue weighted by atomic mass is 10.0. The third-order valence-corrected chi connectivity index (χ3v) is 7.26. The van der Waals surface area contributed by atoms with E-state index in [0.717, 1.165) is 18.5 Å². The number of fused-ring (bicyclic) bond motifs is 2. The number of nitrogens with zero attached hydrogens (tertiary/aromatic N) is 2. The molecule has 0 spiro atoms. The molecule has 1 aliphatic rings. The van der Waals surface area contributed by atoms with E-state index in [9.17, 15) is 0 Å². The fourth-order valence-corrected chi connectivity index (χ4v) is 5.67. The molecule has 0 saturated heterocycles. The quantitative estimate of drug-likeness (QED) is 0.383. The number of hydrogen-bond donors (Lipinski definition) is 0. The van der Waals surface area contributed by atoms with Crippen LogP contribution >= 0.6 is 22.7 Å². The number of benzene rings is 1. The highest BCUT2D eigenvalue weighted by Gasteiger charge is 2.26. The molecule has 0 saturated carbocycles. The largest absolute Gasteiger partial charge is 0.296 e. The van der Waals surface area contributed by atoms with Crippen molar-refractivity contribution in [2.45, 2.75) is 74.4 Å². The predicted octanol–water partition coefficient (Wildman–Crippen LogP) is 8.10. The first kappa shape index (κ1) is 23.8. The summed E-state index contributed by atoms with van der Waals surface area (Å²) >= 11 is 3.80. The van der Waals surface area contributed by atoms with Crippen molar-refractivity contribution in [1.29, 1.82) is 0 Å². The fourth-order valence-electron chi connectivity index (χ4n) is 3.26. The van der Waals surface area contributed by atoms with Crippen molar-refractivity contribution in [3.63, 3.8) is 0 Å². The Morgan fingerprint density at radius 3 is 2.38 bits per heavy atom. The summed E-state index contributed by atoms with van der Waals surface area (Å²) in [5.41, 5.74) is 5.48. The van der Waals surface area contributed by atoms with Crippen molar-refractivity contribution >= 4 is 32.9 Å². The highest BCUT2D eigenvalue weighted by molar-refractivity contribution is 7.22. The van der Waals surface area contributed by atoms with Crippen LogP contribution in [-0.4, -0.2) is 22.5 Å². The molecule has 0 bridgehead atoms. The number of aryl methyl sites for hydroxylation is 1. The third-order valence-electron chi connectivity index (χ3n) is 5.08. The van der Waals surface area contributed by atoms with Crippen LogP contribution in [0.1, 0.15) is 63.8 Å². The number of hydrogen-bond acceptors (Lipinski definition) is 4. The highest BCUT2D eigenvalue weighted by atomic mass is 32.1. The minimum absolute atomic E-state index is 0.626. The number of aromatic nitrogens is 1. The number of allylic oxidation sites excluding steroid dienone is 2. The smallest absolute Gasteiger partial charge is 0.126 e. The number of para-hydroxylation sites is 1. The van der Waals surface area contributed by atoms with Gasteiger partial charge < -0.3 is 0 Å². The summed E-state index contributed by atoms with van der Waals surface area (Å²) in [7, 11) is 0. The Balaban J connectivity index is 0.000000378. The molecule has 1 aliphatic heterocycles. The van der Waals surface area contributed by atoms with E-state index in [1.807, 2.05) is 43.4 Å². The summed E-state index contributed by atoms with van der Waals surface area (Å²) < 4.78 is 1.29. The summed E-state index contributed by atoms with van der Waals surface area (Å²) in [6.07, 6.45) is 3.24. The van der Waals surface area contributed by atoms with Crippen LogP contribution in [0.2, 0.25) is 0 Å². The lowest BCUT2D eigenvalue weighted by molar-refractivity contribution is 0.206. The molecular weight excluding hydrogens is 392 g/mol. The van der Waals surface area contributed by atoms with Gasteiger partial charge in [0.25, 0.3) is 0 Å². The molecule has 0 radical (unpaired) electrons. The minimum atomic E-state index is 0.626. The van der Waals surface area contributed by atoms with Crippen LogP contribution in [0.4, 0.5) is 0 Å². The van der Waals surface area contributed by atoms with Gasteiger partial charge in [-0.3, -0.25) is 4.90 Å². The van der Waals surface area contributed by atoms with Crippen LogP contribution in [-0.2, 0) is 13.0 Å². The first-order valence-corrected chi connectivity index (χ1v) is 12.3. The van der Waals surface area contributed by atoms with Crippen molar-refractivity contribution in [2.75, 3.05) is 6.54 Å². The van der Waals surface area contributed by atoms with Crippen LogP contribution in [0.5, 0.6) is 0 Å². The van der Waals surface area contributed by atoms with E-state index >= 15 is 0 Å². The molecule has 3 aromatic rings. The van der Waals surface area contributed by atoms with Gasteiger partial charge in [0.05, 0.1) is 10.2 Å². The molecule has 0 unspecified atom stereocenters. The van der Waals surface area contributed by atoms with Gasteiger partial charge in [-0.1, -0.05) is 37.6 Å². The fraction of sp³-hybridized carbons (Fsp3) is 0.480. The van der Waals surface area contributed by atoms with Crippen molar-refractivity contribution in [3.05, 3.63) is 51.2 Å². The molecule has 2 nitrogen and oxygen atoms in total. The Morgan fingerprint density at radius 1 is 1.14 bits per heavy atom. The number of thiophene rings is 1. The van der Waals surface area contributed by atoms with Gasteiger partial charge in [0.1, 0.15) is 5.01 Å². The molecule has 29 heavy (non-hydrogen) atoms. The molecule has 0 N–H and O–H groups in total. The molecule has 2 aromatic heterocycles. The second kappa shape index (κ2) is 11.1. The van der Waals surface area contributed by atoms with E-state index in [2.05, 4.69) is 69.9 Å². The van der Waals surface area contributed by atoms with E-state index in [1.54, 1.807) is 10.4 Å². The van der Waals surface area contributed by atoms with E-state index in [0.29, 0.717) is 6.04 Å². The maximum atomic E-state index is 4.89. The van der Waals surface area contributed by atoms with Gasteiger partial charge in [-0.25, -0.2) is 4.98 Å². The van der Waals surface area contributed by atoms with Crippen LogP contribution in [0, 0.1) is 6.92 Å². The Bertz CT molecular complexity index is 910. The summed E-state index contributed by atoms with van der Waals surface area (Å²) in [6, 6.07) is 9.08. The Morgan fingerprint density at radius 2 is 1.79 bits per heavy atom. The Hall–Kier alpha value is -1.49. The van der Waals surface area contributed by atoms with Gasteiger partial charge in [-0.05, 0) is 65.7 Å². The van der Waals surface area contributed by atoms with Gasteiger partial charge in [0, 0.05) is 34.4 Å². The normalized spacial score (nSPS) is 13.3. The van der Waals surface area contributed by atoms with E-state index < -0.39 is 0 Å². The first-order valence-electron chi connectivity index (χ1n) is 10.7. The van der Waals surface area contributed by atoms with Gasteiger partial charge in [0.2, 0.25) is 0 Å². The van der Waals surface area contributed by atoms with Crippen LogP contribution in [0.15, 0.2) is 35.9 Å². The molecule has 4 rings (SSSR count). The van der Waals surface area contributed by atoms with Gasteiger partial charge in [-0.15, -0.1) is 22.7 Å². The molecule has 0 amide bonds. The van der Waals surface area contributed by atoms with E-state index in [-0.39, 0.29) is 0 Å². The maximum absolute atomic E-state index is 4.89. The van der Waals surface area contributed by atoms with E-state index in [1.165, 1.54) is 32.3 Å². The van der Waals surface area contributed by atoms with Crippen LogP contribution < -0.4 is 0 Å². The molecule has 0 atom stereocenters. The van der Waals surface area contributed by atoms with Crippen LogP contribution in [0.3, 0.4) is 0 Å². The van der Waals surface area contributed by atoms with Gasteiger partial charge in [0.15, 0.2) is 0 Å². The molecule has 158 valence electrons. The van der Waals surface area contributed by atoms with Crippen molar-refractivity contribution < 1.29 is 0 Å². The van der Waals surface area contributed by atoms with Crippen molar-refractivity contribution in [1.82, 2.24) is 9.88 Å². The molecule has 4 heteroatoms. The second-order valence-corrected chi connectivity index (χ2v) is 9.94. The first-order chi connectivity index (χ1) is 13.9. The SMILES string of the molecule is CC.CC=C(C)C.Cc1sc2c(c1-c1nc3ccccc3s1)CCN(C(C)C)C2. The predicted molar refractivity (Wildman–Crippen MR) is 133 cm³/mol. The summed E-state index contributed by atoms with van der Waals surface area (Å²) in [6.45, 7) is 19.3. The molecule has 3 heterocycles. The highest BCUT2D eigenvalue weighted by Crippen LogP contribution is 2.42. The number of rotatable bonds is 2. The van der Waals surface area contributed by atoms with E-state index in [4.69, 9.17) is 4.98 Å². The average molecular weight is 429 g/mol. The standard InChI is InChI=1S/C18H20N2S2.C5H10.C2H6/c1-11(2)20-9-8-13-16(10-20)21-12(3)17(13)18-19-14-6-4-5-7-15(14)22-18;1-4-5(2)3;1-2/h4-7,11H,8-10H2,1-3H3;4H,1-3H3;1-2H3. The lowest BCUT2D eigenvalue weighted by Crippen LogP contribution is -2.35. The zero-order chi connectivity index (χ0) is 21.6. The monoisotopic (exact) mass is 428 g/mol. The topological polar surface area (TPSA) is 16.1 Å². The second-order valence-electron chi connectivity index (χ2n) is 7.60. The Kier molecular flexibility index (Phi) is 9.06. The minimum Gasteiger partial charge on any atom is -0.296 e. The number of thiazole rings is 1. The zero-order valence-electron chi connectivity index (χ0n) is 19.3. The lowest BCUT2D eigenvalue weighted by Gasteiger charge is -2.30. The molecule has 0 aliphatic carbocycles. The molecule has 0 fully saturated rings. The average Bonchev–Trinajstić information content (AvgIpc) is 3.28. The summed E-state index contributed by atoms with van der Waals surface area (Å²) in [5, 5.41) is 1.20. The maximum Gasteiger partial charge on any atom is 0.126 e. The Labute approximate surface area is 185 Å². The van der Waals surface area contributed by atoms with Crippen molar-refractivity contribution in [2.24, 2.45) is 0 Å². The third kappa shape index (κ3) is 5.78. The van der Waals surface area contributed by atoms with Crippen molar-refractivity contribution in [3.8, 4) is 10.6 Å². The molecular formula is C25H36N2S2. The van der Waals surface area contributed by atoms with Gasteiger partial charge in [-0.2, -0.15) is 0 Å². The summed E-state index contributed by atoms with van der Waals surface area (Å²) in [5.74, 6) is 0. The van der Waals surface area contributed by atoms with Crippen LogP contribution in [0.25, 0.3) is 20.8 Å².